The van der Waals surface area contributed by atoms with Gasteiger partial charge in [-0.25, -0.2) is 4.79 Å². The first-order chi connectivity index (χ1) is 12.2. The van der Waals surface area contributed by atoms with Gasteiger partial charge in [0.1, 0.15) is 11.7 Å². The average molecular weight is 363 g/mol. The number of rotatable bonds is 4. The van der Waals surface area contributed by atoms with E-state index in [1.807, 2.05) is 51.1 Å². The molecule has 26 heavy (non-hydrogen) atoms. The molecule has 0 radical (unpaired) electrons. The summed E-state index contributed by atoms with van der Waals surface area (Å²) in [6, 6.07) is 8.84. The third-order valence-corrected chi connectivity index (χ3v) is 4.31. The third kappa shape index (κ3) is 5.73. The predicted octanol–water partition coefficient (Wildman–Crippen LogP) is 3.44. The van der Waals surface area contributed by atoms with Crippen LogP contribution < -0.4 is 0 Å². The number of amides is 1. The molecule has 0 saturated carbocycles. The van der Waals surface area contributed by atoms with E-state index >= 15 is 0 Å². The molecule has 1 heterocycles. The summed E-state index contributed by atoms with van der Waals surface area (Å²) in [5.41, 5.74) is 0.150. The first-order valence-corrected chi connectivity index (χ1v) is 9.07. The predicted molar refractivity (Wildman–Crippen MR) is 97.5 cm³/mol. The van der Waals surface area contributed by atoms with E-state index in [1.54, 1.807) is 4.90 Å². The van der Waals surface area contributed by atoms with Gasteiger partial charge in [0.2, 0.25) is 0 Å². The molecule has 0 spiro atoms. The van der Waals surface area contributed by atoms with Crippen LogP contribution in [0.25, 0.3) is 0 Å². The number of likely N-dealkylation sites (tertiary alicyclic amines) is 1. The molecule has 0 bridgehead atoms. The Morgan fingerprint density at radius 1 is 1.27 bits per heavy atom. The van der Waals surface area contributed by atoms with Gasteiger partial charge in [0.25, 0.3) is 0 Å². The molecule has 1 fully saturated rings. The van der Waals surface area contributed by atoms with Crippen molar-refractivity contribution in [3.05, 3.63) is 35.9 Å². The summed E-state index contributed by atoms with van der Waals surface area (Å²) < 4.78 is 11.0. The zero-order valence-corrected chi connectivity index (χ0v) is 16.0. The first-order valence-electron chi connectivity index (χ1n) is 9.07. The van der Waals surface area contributed by atoms with E-state index in [0.29, 0.717) is 13.0 Å². The lowest BCUT2D eigenvalue weighted by atomic mass is 9.92. The molecule has 144 valence electrons. The Hall–Kier alpha value is -2.08. The van der Waals surface area contributed by atoms with Crippen LogP contribution in [0.1, 0.15) is 58.6 Å². The number of nitrogens with zero attached hydrogens (tertiary/aromatic N) is 1. The summed E-state index contributed by atoms with van der Waals surface area (Å²) in [6.45, 7) is 7.31. The number of carbonyl (C=O) groups excluding carboxylic acids is 2. The van der Waals surface area contributed by atoms with Gasteiger partial charge in [-0.15, -0.1) is 0 Å². The monoisotopic (exact) mass is 363 g/mol. The highest BCUT2D eigenvalue weighted by Gasteiger charge is 2.39. The molecule has 1 aromatic rings. The van der Waals surface area contributed by atoms with Crippen molar-refractivity contribution in [2.75, 3.05) is 6.54 Å². The minimum Gasteiger partial charge on any atom is -0.460 e. The highest BCUT2D eigenvalue weighted by atomic mass is 16.6. The fraction of sp³-hybridized carbons (Fsp3) is 0.600. The number of aliphatic hydroxyl groups excluding tert-OH is 1. The van der Waals surface area contributed by atoms with Gasteiger partial charge in [-0.3, -0.25) is 4.79 Å². The fourth-order valence-electron chi connectivity index (χ4n) is 3.24. The van der Waals surface area contributed by atoms with Gasteiger partial charge >= 0.3 is 12.1 Å². The second kappa shape index (κ2) is 8.54. The first kappa shape index (κ1) is 20.2. The maximum Gasteiger partial charge on any atom is 0.410 e. The van der Waals surface area contributed by atoms with Gasteiger partial charge in [0, 0.05) is 19.9 Å². The van der Waals surface area contributed by atoms with E-state index in [2.05, 4.69) is 0 Å². The van der Waals surface area contributed by atoms with Gasteiger partial charge in [-0.05, 0) is 39.2 Å². The smallest absolute Gasteiger partial charge is 0.410 e. The molecular formula is C20H29NO5. The van der Waals surface area contributed by atoms with Crippen LogP contribution in [0.4, 0.5) is 4.79 Å². The number of esters is 1. The molecular weight excluding hydrogens is 334 g/mol. The molecule has 1 amide bonds. The van der Waals surface area contributed by atoms with Crippen molar-refractivity contribution >= 4 is 12.1 Å². The summed E-state index contributed by atoms with van der Waals surface area (Å²) in [7, 11) is 0. The zero-order valence-electron chi connectivity index (χ0n) is 16.0. The Labute approximate surface area is 155 Å². The van der Waals surface area contributed by atoms with Crippen molar-refractivity contribution in [2.45, 2.75) is 70.8 Å². The molecule has 1 saturated heterocycles. The summed E-state index contributed by atoms with van der Waals surface area (Å²) in [5.74, 6) is -0.389. The van der Waals surface area contributed by atoms with Crippen molar-refractivity contribution < 1.29 is 24.2 Å². The lowest BCUT2D eigenvalue weighted by Gasteiger charge is -2.41. The van der Waals surface area contributed by atoms with Crippen LogP contribution in [0.15, 0.2) is 30.3 Å². The average Bonchev–Trinajstić information content (AvgIpc) is 2.55. The molecule has 1 N–H and O–H groups in total. The summed E-state index contributed by atoms with van der Waals surface area (Å²) in [5, 5.41) is 10.6. The number of hydrogen-bond acceptors (Lipinski definition) is 5. The summed E-state index contributed by atoms with van der Waals surface area (Å²) >= 11 is 0. The molecule has 1 aromatic carbocycles. The highest BCUT2D eigenvalue weighted by molar-refractivity contribution is 5.69. The second-order valence-electron chi connectivity index (χ2n) is 7.69. The van der Waals surface area contributed by atoms with Crippen LogP contribution >= 0.6 is 0 Å². The van der Waals surface area contributed by atoms with Crippen LogP contribution in [0.3, 0.4) is 0 Å². The minimum atomic E-state index is -0.762. The van der Waals surface area contributed by atoms with Crippen molar-refractivity contribution in [2.24, 2.45) is 0 Å². The number of piperidine rings is 1. The van der Waals surface area contributed by atoms with Gasteiger partial charge in [0.15, 0.2) is 0 Å². The topological polar surface area (TPSA) is 76.1 Å². The van der Waals surface area contributed by atoms with E-state index in [4.69, 9.17) is 9.47 Å². The maximum absolute atomic E-state index is 12.7. The molecule has 2 rings (SSSR count). The zero-order chi connectivity index (χ0) is 19.3. The van der Waals surface area contributed by atoms with E-state index < -0.39 is 29.9 Å². The van der Waals surface area contributed by atoms with E-state index in [-0.39, 0.29) is 12.4 Å². The Morgan fingerprint density at radius 2 is 1.92 bits per heavy atom. The van der Waals surface area contributed by atoms with Crippen LogP contribution in [0, 0.1) is 0 Å². The molecule has 6 heteroatoms. The van der Waals surface area contributed by atoms with E-state index in [0.717, 1.165) is 12.0 Å². The molecule has 1 aliphatic heterocycles. The quantitative estimate of drug-likeness (QED) is 0.829. The molecule has 0 aliphatic carbocycles. The van der Waals surface area contributed by atoms with Gasteiger partial charge in [-0.1, -0.05) is 30.3 Å². The molecule has 1 aliphatic rings. The van der Waals surface area contributed by atoms with Crippen molar-refractivity contribution in [3.63, 3.8) is 0 Å². The number of aliphatic hydroxyl groups is 1. The maximum atomic E-state index is 12.7. The van der Waals surface area contributed by atoms with Crippen LogP contribution in [0.2, 0.25) is 0 Å². The standard InChI is InChI=1S/C20H29NO5/c1-14(22)25-18-11-8-12-21(19(24)26-20(2,3)4)16(18)13-17(23)15-9-6-5-7-10-15/h5-7,9-10,16-18,23H,8,11-13H2,1-4H3. The van der Waals surface area contributed by atoms with Crippen molar-refractivity contribution in [1.82, 2.24) is 4.90 Å². The summed E-state index contributed by atoms with van der Waals surface area (Å²) in [6.07, 6.45) is -0.00415. The molecule has 3 atom stereocenters. The number of hydrogen-bond donors (Lipinski definition) is 1. The molecule has 3 unspecified atom stereocenters. The van der Waals surface area contributed by atoms with E-state index in [9.17, 15) is 14.7 Å². The number of ether oxygens (including phenoxy) is 2. The lowest BCUT2D eigenvalue weighted by molar-refractivity contribution is -0.153. The lowest BCUT2D eigenvalue weighted by Crippen LogP contribution is -2.54. The number of carbonyl (C=O) groups is 2. The van der Waals surface area contributed by atoms with Crippen molar-refractivity contribution in [1.29, 1.82) is 0 Å². The van der Waals surface area contributed by atoms with Gasteiger partial charge in [0.05, 0.1) is 12.1 Å². The Balaban J connectivity index is 2.21. The van der Waals surface area contributed by atoms with Gasteiger partial charge < -0.3 is 19.5 Å². The highest BCUT2D eigenvalue weighted by Crippen LogP contribution is 2.30. The second-order valence-corrected chi connectivity index (χ2v) is 7.69. The van der Waals surface area contributed by atoms with Crippen LogP contribution in [-0.4, -0.2) is 46.4 Å². The largest absolute Gasteiger partial charge is 0.460 e. The van der Waals surface area contributed by atoms with Crippen LogP contribution in [-0.2, 0) is 14.3 Å². The third-order valence-electron chi connectivity index (χ3n) is 4.31. The molecule has 6 nitrogen and oxygen atoms in total. The Bertz CT molecular complexity index is 610. The fourth-order valence-corrected chi connectivity index (χ4v) is 3.24. The Kier molecular flexibility index (Phi) is 6.64. The summed E-state index contributed by atoms with van der Waals surface area (Å²) in [4.78, 5) is 25.7. The molecule has 0 aromatic heterocycles. The Morgan fingerprint density at radius 3 is 2.50 bits per heavy atom. The minimum absolute atomic E-state index is 0.279. The number of benzene rings is 1. The SMILES string of the molecule is CC(=O)OC1CCCN(C(=O)OC(C)(C)C)C1CC(O)c1ccccc1. The van der Waals surface area contributed by atoms with Gasteiger partial charge in [-0.2, -0.15) is 0 Å². The van der Waals surface area contributed by atoms with Crippen molar-refractivity contribution in [3.8, 4) is 0 Å². The normalized spacial score (nSPS) is 21.8. The van der Waals surface area contributed by atoms with E-state index in [1.165, 1.54) is 6.92 Å². The van der Waals surface area contributed by atoms with Crippen LogP contribution in [0.5, 0.6) is 0 Å².